The molecule has 0 N–H and O–H groups in total. The van der Waals surface area contributed by atoms with Gasteiger partial charge in [0.2, 0.25) is 0 Å². The first-order valence-electron chi connectivity index (χ1n) is 5.26. The van der Waals surface area contributed by atoms with Crippen molar-refractivity contribution in [3.8, 4) is 6.07 Å². The molecule has 0 unspecified atom stereocenters. The van der Waals surface area contributed by atoms with Crippen molar-refractivity contribution in [1.29, 1.82) is 5.26 Å². The van der Waals surface area contributed by atoms with E-state index in [0.29, 0.717) is 16.4 Å². The molecule has 1 aliphatic carbocycles. The van der Waals surface area contributed by atoms with E-state index in [4.69, 9.17) is 5.26 Å². The number of aryl methyl sites for hydroxylation is 1. The highest BCUT2D eigenvalue weighted by atomic mass is 32.2. The lowest BCUT2D eigenvalue weighted by Crippen LogP contribution is -2.08. The lowest BCUT2D eigenvalue weighted by molar-refractivity contribution is 0.592. The number of nitrogens with zero attached hydrogens (tertiary/aromatic N) is 1. The van der Waals surface area contributed by atoms with E-state index in [2.05, 4.69) is 0 Å². The Morgan fingerprint density at radius 3 is 2.62 bits per heavy atom. The van der Waals surface area contributed by atoms with Crippen LogP contribution in [0.1, 0.15) is 24.0 Å². The van der Waals surface area contributed by atoms with Crippen LogP contribution in [0, 0.1) is 24.2 Å². The van der Waals surface area contributed by atoms with Crippen molar-refractivity contribution >= 4 is 9.84 Å². The lowest BCUT2D eigenvalue weighted by Gasteiger charge is -2.05. The molecule has 1 aromatic carbocycles. The van der Waals surface area contributed by atoms with Gasteiger partial charge in [0.1, 0.15) is 0 Å². The average molecular weight is 235 g/mol. The molecule has 4 heteroatoms. The van der Waals surface area contributed by atoms with Gasteiger partial charge in [0.05, 0.1) is 22.3 Å². The van der Waals surface area contributed by atoms with E-state index in [1.807, 2.05) is 6.07 Å². The third kappa shape index (κ3) is 2.25. The molecule has 0 amide bonds. The van der Waals surface area contributed by atoms with Gasteiger partial charge in [0.25, 0.3) is 0 Å². The second kappa shape index (κ2) is 3.91. The molecular formula is C12H13NO2S. The van der Waals surface area contributed by atoms with Crippen LogP contribution < -0.4 is 0 Å². The fourth-order valence-electron chi connectivity index (χ4n) is 1.65. The van der Waals surface area contributed by atoms with Crippen molar-refractivity contribution < 1.29 is 8.42 Å². The topological polar surface area (TPSA) is 57.9 Å². The van der Waals surface area contributed by atoms with Crippen molar-refractivity contribution in [1.82, 2.24) is 0 Å². The number of hydrogen-bond acceptors (Lipinski definition) is 3. The van der Waals surface area contributed by atoms with Crippen molar-refractivity contribution in [3.63, 3.8) is 0 Å². The standard InChI is InChI=1S/C12H13NO2S/c1-9-6-12(5-4-11(9)7-13)16(14,15)8-10-2-3-10/h4-6,10H,2-3,8H2,1H3. The Hall–Kier alpha value is -1.34. The minimum atomic E-state index is -3.15. The van der Waals surface area contributed by atoms with Crippen molar-refractivity contribution in [2.45, 2.75) is 24.7 Å². The van der Waals surface area contributed by atoms with Crippen LogP contribution in [0.2, 0.25) is 0 Å². The molecule has 1 aromatic rings. The third-order valence-electron chi connectivity index (χ3n) is 2.83. The average Bonchev–Trinajstić information content (AvgIpc) is 3.01. The van der Waals surface area contributed by atoms with Gasteiger partial charge in [-0.25, -0.2) is 8.42 Å². The summed E-state index contributed by atoms with van der Waals surface area (Å²) < 4.78 is 23.9. The molecule has 3 nitrogen and oxygen atoms in total. The van der Waals surface area contributed by atoms with Crippen LogP contribution in [0.25, 0.3) is 0 Å². The molecule has 0 radical (unpaired) electrons. The third-order valence-corrected chi connectivity index (χ3v) is 4.71. The van der Waals surface area contributed by atoms with E-state index < -0.39 is 9.84 Å². The lowest BCUT2D eigenvalue weighted by atomic mass is 10.1. The Morgan fingerprint density at radius 2 is 2.12 bits per heavy atom. The Bertz CT molecular complexity index is 551. The molecule has 0 atom stereocenters. The summed E-state index contributed by atoms with van der Waals surface area (Å²) in [5.41, 5.74) is 1.25. The quantitative estimate of drug-likeness (QED) is 0.805. The van der Waals surface area contributed by atoms with Gasteiger partial charge in [0, 0.05) is 0 Å². The van der Waals surface area contributed by atoms with E-state index in [0.717, 1.165) is 18.4 Å². The Kier molecular flexibility index (Phi) is 2.73. The molecule has 16 heavy (non-hydrogen) atoms. The van der Waals surface area contributed by atoms with Gasteiger partial charge in [-0.2, -0.15) is 5.26 Å². The van der Waals surface area contributed by atoms with Crippen LogP contribution in [-0.2, 0) is 9.84 Å². The smallest absolute Gasteiger partial charge is 0.178 e. The van der Waals surface area contributed by atoms with Crippen LogP contribution in [0.4, 0.5) is 0 Å². The monoisotopic (exact) mass is 235 g/mol. The Morgan fingerprint density at radius 1 is 1.44 bits per heavy atom. The summed E-state index contributed by atoms with van der Waals surface area (Å²) >= 11 is 0. The zero-order valence-electron chi connectivity index (χ0n) is 9.10. The normalized spacial score (nSPS) is 15.8. The Balaban J connectivity index is 2.33. The molecule has 1 fully saturated rings. The van der Waals surface area contributed by atoms with Gasteiger partial charge in [-0.05, 0) is 49.4 Å². The van der Waals surface area contributed by atoms with Crippen molar-refractivity contribution in [3.05, 3.63) is 29.3 Å². The molecule has 0 aliphatic heterocycles. The van der Waals surface area contributed by atoms with Crippen LogP contribution >= 0.6 is 0 Å². The van der Waals surface area contributed by atoms with Crippen molar-refractivity contribution in [2.75, 3.05) is 5.75 Å². The summed E-state index contributed by atoms with van der Waals surface area (Å²) in [6.45, 7) is 1.76. The van der Waals surface area contributed by atoms with E-state index in [1.54, 1.807) is 19.1 Å². The largest absolute Gasteiger partial charge is 0.224 e. The Labute approximate surface area is 95.6 Å². The zero-order valence-corrected chi connectivity index (χ0v) is 9.92. The predicted molar refractivity (Wildman–Crippen MR) is 60.7 cm³/mol. The summed E-state index contributed by atoms with van der Waals surface area (Å²) in [6.07, 6.45) is 2.04. The summed E-state index contributed by atoms with van der Waals surface area (Å²) in [5, 5.41) is 8.77. The molecule has 0 aromatic heterocycles. The first-order chi connectivity index (χ1) is 7.53. The van der Waals surface area contributed by atoms with E-state index in [1.165, 1.54) is 6.07 Å². The molecule has 1 aliphatic rings. The number of benzene rings is 1. The van der Waals surface area contributed by atoms with Crippen LogP contribution in [0.15, 0.2) is 23.1 Å². The van der Waals surface area contributed by atoms with Gasteiger partial charge >= 0.3 is 0 Å². The molecule has 2 rings (SSSR count). The molecular weight excluding hydrogens is 222 g/mol. The molecule has 0 bridgehead atoms. The molecule has 84 valence electrons. The SMILES string of the molecule is Cc1cc(S(=O)(=O)CC2CC2)ccc1C#N. The van der Waals surface area contributed by atoms with Crippen LogP contribution in [-0.4, -0.2) is 14.2 Å². The molecule has 0 spiro atoms. The minimum absolute atomic E-state index is 0.248. The summed E-state index contributed by atoms with van der Waals surface area (Å²) in [7, 11) is -3.15. The highest BCUT2D eigenvalue weighted by molar-refractivity contribution is 7.91. The van der Waals surface area contributed by atoms with Gasteiger partial charge in [-0.15, -0.1) is 0 Å². The molecule has 1 saturated carbocycles. The number of sulfone groups is 1. The fourth-order valence-corrected chi connectivity index (χ4v) is 3.42. The first-order valence-corrected chi connectivity index (χ1v) is 6.91. The zero-order chi connectivity index (χ0) is 11.8. The highest BCUT2D eigenvalue weighted by Crippen LogP contribution is 2.32. The highest BCUT2D eigenvalue weighted by Gasteiger charge is 2.29. The second-order valence-electron chi connectivity index (χ2n) is 4.31. The minimum Gasteiger partial charge on any atom is -0.224 e. The first kappa shape index (κ1) is 11.2. The summed E-state index contributed by atoms with van der Waals surface area (Å²) in [4.78, 5) is 0.343. The second-order valence-corrected chi connectivity index (χ2v) is 6.35. The maximum absolute atomic E-state index is 12.0. The van der Waals surface area contributed by atoms with E-state index >= 15 is 0 Å². The fraction of sp³-hybridized carbons (Fsp3) is 0.417. The number of nitriles is 1. The van der Waals surface area contributed by atoms with E-state index in [9.17, 15) is 8.42 Å². The summed E-state index contributed by atoms with van der Waals surface area (Å²) in [6, 6.07) is 6.74. The van der Waals surface area contributed by atoms with Gasteiger partial charge in [-0.3, -0.25) is 0 Å². The van der Waals surface area contributed by atoms with Crippen molar-refractivity contribution in [2.24, 2.45) is 5.92 Å². The van der Waals surface area contributed by atoms with Gasteiger partial charge in [0.15, 0.2) is 9.84 Å². The van der Waals surface area contributed by atoms with Crippen LogP contribution in [0.3, 0.4) is 0 Å². The maximum atomic E-state index is 12.0. The van der Waals surface area contributed by atoms with Crippen LogP contribution in [0.5, 0.6) is 0 Å². The van der Waals surface area contributed by atoms with E-state index in [-0.39, 0.29) is 5.75 Å². The molecule has 0 heterocycles. The predicted octanol–water partition coefficient (Wildman–Crippen LogP) is 2.05. The maximum Gasteiger partial charge on any atom is 0.178 e. The van der Waals surface area contributed by atoms with Gasteiger partial charge in [-0.1, -0.05) is 0 Å². The summed E-state index contributed by atoms with van der Waals surface area (Å²) in [5.74, 6) is 0.596. The number of hydrogen-bond donors (Lipinski definition) is 0. The number of rotatable bonds is 3. The molecule has 0 saturated heterocycles. The van der Waals surface area contributed by atoms with Gasteiger partial charge < -0.3 is 0 Å².